The van der Waals surface area contributed by atoms with E-state index in [1.165, 1.54) is 6.42 Å². The maximum absolute atomic E-state index is 10.5. The molecule has 1 aliphatic carbocycles. The molecular formula is C10H18O2. The van der Waals surface area contributed by atoms with Crippen molar-refractivity contribution >= 4 is 12.1 Å². The van der Waals surface area contributed by atoms with Gasteiger partial charge in [-0.05, 0) is 19.3 Å². The van der Waals surface area contributed by atoms with Crippen molar-refractivity contribution in [2.75, 3.05) is 0 Å². The first-order valence-electron chi connectivity index (χ1n) is 4.76. The summed E-state index contributed by atoms with van der Waals surface area (Å²) in [7, 11) is 0. The Morgan fingerprint density at radius 1 is 1.25 bits per heavy atom. The van der Waals surface area contributed by atoms with Gasteiger partial charge in [-0.15, -0.1) is 0 Å². The molecule has 0 saturated heterocycles. The van der Waals surface area contributed by atoms with Crippen molar-refractivity contribution in [1.82, 2.24) is 0 Å². The van der Waals surface area contributed by atoms with Gasteiger partial charge in [0.1, 0.15) is 12.1 Å². The highest BCUT2D eigenvalue weighted by molar-refractivity contribution is 5.78. The molecule has 0 aromatic rings. The second kappa shape index (κ2) is 8.44. The van der Waals surface area contributed by atoms with Gasteiger partial charge in [-0.25, -0.2) is 0 Å². The molecule has 0 amide bonds. The SMILES string of the molecule is CCCC=O.O=C1CCCCC1. The van der Waals surface area contributed by atoms with Crippen molar-refractivity contribution in [3.05, 3.63) is 0 Å². The average molecular weight is 170 g/mol. The van der Waals surface area contributed by atoms with E-state index in [0.29, 0.717) is 12.2 Å². The first-order valence-corrected chi connectivity index (χ1v) is 4.76. The minimum Gasteiger partial charge on any atom is -0.303 e. The van der Waals surface area contributed by atoms with Gasteiger partial charge in [0.25, 0.3) is 0 Å². The van der Waals surface area contributed by atoms with Crippen molar-refractivity contribution in [2.45, 2.75) is 51.9 Å². The van der Waals surface area contributed by atoms with Crippen LogP contribution in [0, 0.1) is 0 Å². The van der Waals surface area contributed by atoms with Crippen LogP contribution in [-0.4, -0.2) is 12.1 Å². The summed E-state index contributed by atoms with van der Waals surface area (Å²) in [5.74, 6) is 0.464. The molecule has 1 rings (SSSR count). The molecule has 0 spiro atoms. The largest absolute Gasteiger partial charge is 0.303 e. The third-order valence-electron chi connectivity index (χ3n) is 1.82. The monoisotopic (exact) mass is 170 g/mol. The molecule has 0 radical (unpaired) electrons. The highest BCUT2D eigenvalue weighted by atomic mass is 16.1. The van der Waals surface area contributed by atoms with Crippen LogP contribution in [0.1, 0.15) is 51.9 Å². The summed E-state index contributed by atoms with van der Waals surface area (Å²) in [5, 5.41) is 0. The van der Waals surface area contributed by atoms with Crippen molar-refractivity contribution in [3.63, 3.8) is 0 Å². The second-order valence-electron chi connectivity index (χ2n) is 3.05. The third-order valence-corrected chi connectivity index (χ3v) is 1.82. The number of hydrogen-bond donors (Lipinski definition) is 0. The van der Waals surface area contributed by atoms with E-state index in [9.17, 15) is 9.59 Å². The Hall–Kier alpha value is -0.660. The summed E-state index contributed by atoms with van der Waals surface area (Å²) in [6.45, 7) is 1.98. The van der Waals surface area contributed by atoms with Crippen LogP contribution in [-0.2, 0) is 9.59 Å². The molecule has 0 aromatic carbocycles. The lowest BCUT2D eigenvalue weighted by Gasteiger charge is -2.05. The smallest absolute Gasteiger partial charge is 0.132 e. The Kier molecular flexibility index (Phi) is 7.97. The maximum Gasteiger partial charge on any atom is 0.132 e. The Morgan fingerprint density at radius 2 is 1.83 bits per heavy atom. The summed E-state index contributed by atoms with van der Waals surface area (Å²) in [5.41, 5.74) is 0. The van der Waals surface area contributed by atoms with Gasteiger partial charge in [0, 0.05) is 19.3 Å². The summed E-state index contributed by atoms with van der Waals surface area (Å²) >= 11 is 0. The van der Waals surface area contributed by atoms with Crippen LogP contribution in [0.5, 0.6) is 0 Å². The van der Waals surface area contributed by atoms with Crippen LogP contribution >= 0.6 is 0 Å². The van der Waals surface area contributed by atoms with Gasteiger partial charge < -0.3 is 4.79 Å². The Bertz CT molecular complexity index is 122. The Labute approximate surface area is 74.3 Å². The van der Waals surface area contributed by atoms with Crippen LogP contribution in [0.25, 0.3) is 0 Å². The molecule has 2 heteroatoms. The van der Waals surface area contributed by atoms with Gasteiger partial charge in [0.2, 0.25) is 0 Å². The molecule has 1 aliphatic rings. The second-order valence-corrected chi connectivity index (χ2v) is 3.05. The summed E-state index contributed by atoms with van der Waals surface area (Å²) in [6, 6.07) is 0. The molecule has 0 aliphatic heterocycles. The van der Waals surface area contributed by atoms with Crippen molar-refractivity contribution < 1.29 is 9.59 Å². The fraction of sp³-hybridized carbons (Fsp3) is 0.800. The van der Waals surface area contributed by atoms with Crippen LogP contribution in [0.2, 0.25) is 0 Å². The Morgan fingerprint density at radius 3 is 2.00 bits per heavy atom. The van der Waals surface area contributed by atoms with Crippen LogP contribution in [0.15, 0.2) is 0 Å². The fourth-order valence-corrected chi connectivity index (χ4v) is 1.06. The van der Waals surface area contributed by atoms with Crippen molar-refractivity contribution in [3.8, 4) is 0 Å². The summed E-state index contributed by atoms with van der Waals surface area (Å²) < 4.78 is 0. The Balaban J connectivity index is 0.000000217. The van der Waals surface area contributed by atoms with Gasteiger partial charge in [-0.2, -0.15) is 0 Å². The molecule has 0 unspecified atom stereocenters. The topological polar surface area (TPSA) is 34.1 Å². The summed E-state index contributed by atoms with van der Waals surface area (Å²) in [4.78, 5) is 19.9. The molecule has 0 atom stereocenters. The van der Waals surface area contributed by atoms with E-state index < -0.39 is 0 Å². The molecule has 12 heavy (non-hydrogen) atoms. The van der Waals surface area contributed by atoms with Gasteiger partial charge in [-0.1, -0.05) is 13.3 Å². The standard InChI is InChI=1S/C6H10O.C4H8O/c7-6-4-2-1-3-5-6;1-2-3-4-5/h1-5H2;4H,2-3H2,1H3. The average Bonchev–Trinajstić information content (AvgIpc) is 2.08. The number of ketones is 1. The molecule has 0 N–H and O–H groups in total. The molecule has 1 fully saturated rings. The molecule has 0 aromatic heterocycles. The quantitative estimate of drug-likeness (QED) is 0.597. The van der Waals surface area contributed by atoms with E-state index in [-0.39, 0.29) is 0 Å². The first-order chi connectivity index (χ1) is 5.81. The minimum atomic E-state index is 0.464. The minimum absolute atomic E-state index is 0.464. The number of Topliss-reactive ketones (excluding diaryl/α,β-unsaturated/α-hetero) is 1. The summed E-state index contributed by atoms with van der Waals surface area (Å²) in [6.07, 6.45) is 7.85. The zero-order valence-electron chi connectivity index (χ0n) is 7.84. The van der Waals surface area contributed by atoms with E-state index in [2.05, 4.69) is 0 Å². The molecule has 2 nitrogen and oxygen atoms in total. The van der Waals surface area contributed by atoms with Gasteiger partial charge in [0.15, 0.2) is 0 Å². The first kappa shape index (κ1) is 11.3. The number of carbonyl (C=O) groups is 2. The molecule has 0 heterocycles. The highest BCUT2D eigenvalue weighted by Gasteiger charge is 2.05. The lowest BCUT2D eigenvalue weighted by Crippen LogP contribution is -2.02. The maximum atomic E-state index is 10.5. The molecular weight excluding hydrogens is 152 g/mol. The predicted molar refractivity (Wildman–Crippen MR) is 49.1 cm³/mol. The van der Waals surface area contributed by atoms with Crippen LogP contribution in [0.3, 0.4) is 0 Å². The fourth-order valence-electron chi connectivity index (χ4n) is 1.06. The van der Waals surface area contributed by atoms with E-state index >= 15 is 0 Å². The lowest BCUT2D eigenvalue weighted by atomic mass is 10.00. The van der Waals surface area contributed by atoms with E-state index in [0.717, 1.165) is 38.4 Å². The zero-order valence-corrected chi connectivity index (χ0v) is 7.84. The lowest BCUT2D eigenvalue weighted by molar-refractivity contribution is -0.120. The van der Waals surface area contributed by atoms with Crippen LogP contribution in [0.4, 0.5) is 0 Å². The van der Waals surface area contributed by atoms with Gasteiger partial charge in [0.05, 0.1) is 0 Å². The van der Waals surface area contributed by atoms with E-state index in [1.54, 1.807) is 0 Å². The van der Waals surface area contributed by atoms with Crippen molar-refractivity contribution in [1.29, 1.82) is 0 Å². The van der Waals surface area contributed by atoms with Crippen molar-refractivity contribution in [2.24, 2.45) is 0 Å². The van der Waals surface area contributed by atoms with E-state index in [1.807, 2.05) is 6.92 Å². The molecule has 0 bridgehead atoms. The number of aldehydes is 1. The number of rotatable bonds is 2. The molecule has 70 valence electrons. The number of hydrogen-bond acceptors (Lipinski definition) is 2. The predicted octanol–water partition coefficient (Wildman–Crippen LogP) is 2.51. The molecule has 1 saturated carbocycles. The normalized spacial score (nSPS) is 16.2. The third kappa shape index (κ3) is 7.45. The van der Waals surface area contributed by atoms with Gasteiger partial charge >= 0.3 is 0 Å². The number of carbonyl (C=O) groups excluding carboxylic acids is 2. The van der Waals surface area contributed by atoms with Crippen LogP contribution < -0.4 is 0 Å². The highest BCUT2D eigenvalue weighted by Crippen LogP contribution is 2.12. The number of unbranched alkanes of at least 4 members (excludes halogenated alkanes) is 1. The zero-order chi connectivity index (χ0) is 9.23. The van der Waals surface area contributed by atoms with E-state index in [4.69, 9.17) is 0 Å². The van der Waals surface area contributed by atoms with Gasteiger partial charge in [-0.3, -0.25) is 4.79 Å².